The van der Waals surface area contributed by atoms with Crippen molar-refractivity contribution < 1.29 is 14.3 Å². The van der Waals surface area contributed by atoms with Gasteiger partial charge in [-0.3, -0.25) is 24.7 Å². The number of hydrogen-bond donors (Lipinski definition) is 1. The van der Waals surface area contributed by atoms with Crippen LogP contribution in [-0.4, -0.2) is 57.2 Å². The van der Waals surface area contributed by atoms with E-state index in [1.807, 2.05) is 89.5 Å². The van der Waals surface area contributed by atoms with Gasteiger partial charge in [0.2, 0.25) is 5.91 Å². The smallest absolute Gasteiger partial charge is 0.326 e. The summed E-state index contributed by atoms with van der Waals surface area (Å²) in [7, 11) is 0. The van der Waals surface area contributed by atoms with Gasteiger partial charge in [0.05, 0.1) is 24.4 Å². The molecule has 0 aliphatic carbocycles. The molecule has 6 rings (SSSR count). The molecule has 0 unspecified atom stereocenters. The molecule has 2 aliphatic rings. The van der Waals surface area contributed by atoms with Crippen LogP contribution in [0.15, 0.2) is 90.2 Å². The molecular formula is C42H48Cl2N6O3. The molecule has 1 fully saturated rings. The molecule has 11 heteroatoms. The van der Waals surface area contributed by atoms with E-state index in [1.54, 1.807) is 12.4 Å². The van der Waals surface area contributed by atoms with Gasteiger partial charge < -0.3 is 15.0 Å². The Bertz CT molecular complexity index is 1960. The van der Waals surface area contributed by atoms with Crippen molar-refractivity contribution in [3.05, 3.63) is 123 Å². The van der Waals surface area contributed by atoms with Crippen LogP contribution in [0.5, 0.6) is 5.75 Å². The van der Waals surface area contributed by atoms with Crippen LogP contribution in [-0.2, 0) is 27.8 Å². The SMILES string of the molecule is CCOc1cc(C(C)(C)C)ncc1C1=N[C@@](C)(c2ccc(Cl)cc2)[C@@](C)(c2ccc(Cl)cc2)N1C(=O)N1CCC(CC(=O)NCc2ccccn2)CC1. The van der Waals surface area contributed by atoms with Crippen molar-refractivity contribution in [2.45, 2.75) is 83.8 Å². The highest BCUT2D eigenvalue weighted by Gasteiger charge is 2.60. The third-order valence-corrected chi connectivity index (χ3v) is 11.2. The number of nitrogens with zero attached hydrogens (tertiary/aromatic N) is 5. The highest BCUT2D eigenvalue weighted by molar-refractivity contribution is 6.30. The molecule has 4 heterocycles. The van der Waals surface area contributed by atoms with Gasteiger partial charge in [-0.25, -0.2) is 4.79 Å². The third kappa shape index (κ3) is 7.78. The van der Waals surface area contributed by atoms with E-state index in [2.05, 4.69) is 44.9 Å². The van der Waals surface area contributed by atoms with E-state index >= 15 is 4.79 Å². The number of carbonyl (C=O) groups excluding carboxylic acids is 2. The highest BCUT2D eigenvalue weighted by Crippen LogP contribution is 2.54. The van der Waals surface area contributed by atoms with Crippen LogP contribution in [0.25, 0.3) is 0 Å². The van der Waals surface area contributed by atoms with Crippen LogP contribution < -0.4 is 10.1 Å². The second kappa shape index (κ2) is 15.5. The largest absolute Gasteiger partial charge is 0.493 e. The first-order valence-electron chi connectivity index (χ1n) is 18.3. The fraction of sp³-hybridized carbons (Fsp3) is 0.405. The Hall–Kier alpha value is -4.47. The van der Waals surface area contributed by atoms with Crippen molar-refractivity contribution in [1.29, 1.82) is 0 Å². The monoisotopic (exact) mass is 754 g/mol. The van der Waals surface area contributed by atoms with Gasteiger partial charge in [0.1, 0.15) is 22.7 Å². The molecule has 3 amide bonds. The standard InChI is InChI=1S/C42H48Cl2N6O3/c1-7-53-35-25-36(40(2,3)4)46-27-34(35)38-48-41(5,29-11-15-31(43)16-12-29)42(6,30-13-17-32(44)18-14-30)50(38)39(52)49-22-19-28(20-23-49)24-37(51)47-26-33-10-8-9-21-45-33/h8-18,21,25,27-28H,7,19-20,22-24,26H2,1-6H3,(H,47,51)/t41-,42+/m0/s1. The number of hydrogen-bond acceptors (Lipinski definition) is 6. The predicted molar refractivity (Wildman–Crippen MR) is 210 cm³/mol. The average Bonchev–Trinajstić information content (AvgIpc) is 3.39. The number of likely N-dealkylation sites (tertiary alicyclic amines) is 1. The zero-order chi connectivity index (χ0) is 38.0. The van der Waals surface area contributed by atoms with E-state index in [0.29, 0.717) is 72.7 Å². The van der Waals surface area contributed by atoms with Crippen molar-refractivity contribution in [1.82, 2.24) is 25.1 Å². The van der Waals surface area contributed by atoms with Crippen LogP contribution >= 0.6 is 23.2 Å². The first-order valence-corrected chi connectivity index (χ1v) is 19.0. The Morgan fingerprint density at radius 1 is 0.925 bits per heavy atom. The number of rotatable bonds is 9. The molecule has 9 nitrogen and oxygen atoms in total. The lowest BCUT2D eigenvalue weighted by Gasteiger charge is -2.47. The van der Waals surface area contributed by atoms with E-state index in [1.165, 1.54) is 0 Å². The van der Waals surface area contributed by atoms with E-state index < -0.39 is 11.1 Å². The van der Waals surface area contributed by atoms with E-state index in [4.69, 9.17) is 37.9 Å². The second-order valence-corrected chi connectivity index (χ2v) is 16.1. The lowest BCUT2D eigenvalue weighted by molar-refractivity contribution is -0.122. The van der Waals surface area contributed by atoms with Crippen LogP contribution in [0.1, 0.15) is 88.9 Å². The summed E-state index contributed by atoms with van der Waals surface area (Å²) in [4.78, 5) is 46.6. The maximum Gasteiger partial charge on any atom is 0.326 e. The number of pyridine rings is 2. The number of halogens is 2. The zero-order valence-corrected chi connectivity index (χ0v) is 32.8. The maximum absolute atomic E-state index is 15.3. The Kier molecular flexibility index (Phi) is 11.2. The summed E-state index contributed by atoms with van der Waals surface area (Å²) in [5.74, 6) is 1.21. The Balaban J connectivity index is 1.38. The predicted octanol–water partition coefficient (Wildman–Crippen LogP) is 8.91. The minimum absolute atomic E-state index is 0.0157. The topological polar surface area (TPSA) is 100 Å². The number of carbonyl (C=O) groups is 2. The van der Waals surface area contributed by atoms with Crippen molar-refractivity contribution in [3.8, 4) is 5.75 Å². The molecule has 2 aliphatic heterocycles. The zero-order valence-electron chi connectivity index (χ0n) is 31.3. The molecule has 1 saturated heterocycles. The summed E-state index contributed by atoms with van der Waals surface area (Å²) >= 11 is 12.8. The quantitative estimate of drug-likeness (QED) is 0.184. The molecule has 53 heavy (non-hydrogen) atoms. The van der Waals surface area contributed by atoms with Gasteiger partial charge in [0.25, 0.3) is 0 Å². The first kappa shape index (κ1) is 38.3. The lowest BCUT2D eigenvalue weighted by Crippen LogP contribution is -2.59. The molecular weight excluding hydrogens is 707 g/mol. The summed E-state index contributed by atoms with van der Waals surface area (Å²) in [6.07, 6.45) is 5.29. The van der Waals surface area contributed by atoms with Gasteiger partial charge in [0.15, 0.2) is 0 Å². The maximum atomic E-state index is 15.3. The number of amidine groups is 1. The number of piperidine rings is 1. The average molecular weight is 756 g/mol. The number of ether oxygens (including phenoxy) is 1. The van der Waals surface area contributed by atoms with Crippen molar-refractivity contribution in [2.24, 2.45) is 10.9 Å². The van der Waals surface area contributed by atoms with Crippen molar-refractivity contribution in [3.63, 3.8) is 0 Å². The van der Waals surface area contributed by atoms with Gasteiger partial charge >= 0.3 is 6.03 Å². The number of aromatic nitrogens is 2. The number of urea groups is 1. The third-order valence-electron chi connectivity index (χ3n) is 10.7. The molecule has 0 saturated carbocycles. The van der Waals surface area contributed by atoms with Gasteiger partial charge in [-0.2, -0.15) is 0 Å². The van der Waals surface area contributed by atoms with Crippen molar-refractivity contribution in [2.75, 3.05) is 19.7 Å². The van der Waals surface area contributed by atoms with Crippen LogP contribution in [0.3, 0.4) is 0 Å². The Labute approximate surface area is 322 Å². The fourth-order valence-corrected chi connectivity index (χ4v) is 7.61. The summed E-state index contributed by atoms with van der Waals surface area (Å²) in [5.41, 5.74) is 1.82. The molecule has 2 aromatic carbocycles. The molecule has 2 aromatic heterocycles. The summed E-state index contributed by atoms with van der Waals surface area (Å²) in [6.45, 7) is 14.2. The Morgan fingerprint density at radius 3 is 2.15 bits per heavy atom. The van der Waals surface area contributed by atoms with Crippen LogP contribution in [0, 0.1) is 5.92 Å². The van der Waals surface area contributed by atoms with Crippen LogP contribution in [0.4, 0.5) is 4.79 Å². The highest BCUT2D eigenvalue weighted by atomic mass is 35.5. The molecule has 0 spiro atoms. The lowest BCUT2D eigenvalue weighted by atomic mass is 9.71. The summed E-state index contributed by atoms with van der Waals surface area (Å²) < 4.78 is 6.29. The molecule has 278 valence electrons. The van der Waals surface area contributed by atoms with Gasteiger partial charge in [-0.15, -0.1) is 0 Å². The van der Waals surface area contributed by atoms with Crippen molar-refractivity contribution >= 4 is 41.0 Å². The van der Waals surface area contributed by atoms with Gasteiger partial charge in [0, 0.05) is 59.1 Å². The first-order chi connectivity index (χ1) is 25.2. The minimum Gasteiger partial charge on any atom is -0.493 e. The molecule has 4 aromatic rings. The Morgan fingerprint density at radius 2 is 1.57 bits per heavy atom. The summed E-state index contributed by atoms with van der Waals surface area (Å²) in [5, 5.41) is 4.20. The van der Waals surface area contributed by atoms with Gasteiger partial charge in [-0.1, -0.05) is 74.3 Å². The number of aliphatic imine (C=N–C) groups is 1. The fourth-order valence-electron chi connectivity index (χ4n) is 7.35. The second-order valence-electron chi connectivity index (χ2n) is 15.2. The number of amides is 3. The normalized spacial score (nSPS) is 20.6. The molecule has 0 bridgehead atoms. The molecule has 2 atom stereocenters. The van der Waals surface area contributed by atoms with Crippen LogP contribution in [0.2, 0.25) is 10.0 Å². The number of nitrogens with one attached hydrogen (secondary N) is 1. The van der Waals surface area contributed by atoms with E-state index in [9.17, 15) is 4.79 Å². The molecule has 0 radical (unpaired) electrons. The number of benzene rings is 2. The minimum atomic E-state index is -1.04. The molecule has 1 N–H and O–H groups in total. The van der Waals surface area contributed by atoms with Gasteiger partial charge in [-0.05, 0) is 87.1 Å². The van der Waals surface area contributed by atoms with E-state index in [0.717, 1.165) is 22.5 Å². The summed E-state index contributed by atoms with van der Waals surface area (Å²) in [6, 6.07) is 22.7. The van der Waals surface area contributed by atoms with E-state index in [-0.39, 0.29) is 23.3 Å².